The third-order valence-corrected chi connectivity index (χ3v) is 6.64. The molecule has 3 amide bonds. The van der Waals surface area contributed by atoms with E-state index in [0.29, 0.717) is 28.3 Å². The van der Waals surface area contributed by atoms with Crippen molar-refractivity contribution in [1.29, 1.82) is 0 Å². The van der Waals surface area contributed by atoms with E-state index in [1.807, 2.05) is 48.5 Å². The van der Waals surface area contributed by atoms with Gasteiger partial charge in [0.2, 0.25) is 5.91 Å². The molecule has 3 aromatic carbocycles. The fourth-order valence-corrected chi connectivity index (χ4v) is 4.94. The summed E-state index contributed by atoms with van der Waals surface area (Å²) >= 11 is 0. The van der Waals surface area contributed by atoms with Crippen LogP contribution in [0.25, 0.3) is 10.9 Å². The van der Waals surface area contributed by atoms with Crippen molar-refractivity contribution in [3.8, 4) is 5.75 Å². The molecule has 2 aliphatic rings. The maximum absolute atomic E-state index is 13.5. The predicted molar refractivity (Wildman–Crippen MR) is 135 cm³/mol. The van der Waals surface area contributed by atoms with E-state index in [2.05, 4.69) is 10.3 Å². The fourth-order valence-electron chi connectivity index (χ4n) is 4.94. The van der Waals surface area contributed by atoms with Crippen molar-refractivity contribution in [3.05, 3.63) is 95.7 Å². The predicted octanol–water partition coefficient (Wildman–Crippen LogP) is 4.39. The molecule has 0 spiro atoms. The number of nitrogens with zero attached hydrogens (tertiary/aromatic N) is 3. The second-order valence-electron chi connectivity index (χ2n) is 8.73. The Bertz CT molecular complexity index is 1550. The normalized spacial score (nSPS) is 16.0. The average Bonchev–Trinajstić information content (AvgIpc) is 3.21. The number of hydrogen-bond acceptors (Lipinski definition) is 5. The van der Waals surface area contributed by atoms with E-state index in [4.69, 9.17) is 4.74 Å². The van der Waals surface area contributed by atoms with Crippen LogP contribution in [-0.2, 0) is 4.79 Å². The zero-order valence-electron chi connectivity index (χ0n) is 19.5. The van der Waals surface area contributed by atoms with Gasteiger partial charge in [0.15, 0.2) is 0 Å². The third-order valence-electron chi connectivity index (χ3n) is 6.64. The first-order valence-electron chi connectivity index (χ1n) is 11.6. The molecule has 8 nitrogen and oxygen atoms in total. The molecule has 1 aromatic heterocycles. The summed E-state index contributed by atoms with van der Waals surface area (Å²) in [6, 6.07) is 21.8. The lowest BCUT2D eigenvalue weighted by Gasteiger charge is -2.40. The van der Waals surface area contributed by atoms with Gasteiger partial charge in [0.25, 0.3) is 11.8 Å². The highest BCUT2D eigenvalue weighted by atomic mass is 16.5. The number of aromatic nitrogens is 1. The highest BCUT2D eigenvalue weighted by molar-refractivity contribution is 6.16. The zero-order chi connectivity index (χ0) is 24.8. The van der Waals surface area contributed by atoms with E-state index >= 15 is 0 Å². The lowest BCUT2D eigenvalue weighted by atomic mass is 10.0. The van der Waals surface area contributed by atoms with Crippen LogP contribution in [0.15, 0.2) is 79.0 Å². The van der Waals surface area contributed by atoms with Gasteiger partial charge in [-0.15, -0.1) is 0 Å². The first kappa shape index (κ1) is 21.8. The molecule has 0 bridgehead atoms. The van der Waals surface area contributed by atoms with Crippen LogP contribution in [0.1, 0.15) is 38.9 Å². The summed E-state index contributed by atoms with van der Waals surface area (Å²) in [6.45, 7) is 0.153. The first-order valence-corrected chi connectivity index (χ1v) is 11.6. The van der Waals surface area contributed by atoms with Gasteiger partial charge in [0.05, 0.1) is 35.8 Å². The zero-order valence-corrected chi connectivity index (χ0v) is 19.5. The largest absolute Gasteiger partial charge is 0.497 e. The highest BCUT2D eigenvalue weighted by Gasteiger charge is 2.47. The standard InChI is InChI=1S/C28H22N4O4/c1-36-19-11-10-17-14-18(16-29-23(17)15-19)30-25(33)12-13-31-26-20-6-2-3-7-21(20)28(35)32(26)24-9-5-4-8-22(24)27(31)34/h2-11,14-16,26H,12-13H2,1H3,(H,30,33)/t26-/m0/s1. The van der Waals surface area contributed by atoms with E-state index in [1.54, 1.807) is 47.4 Å². The molecule has 1 N–H and O–H groups in total. The number of nitrogens with one attached hydrogen (secondary N) is 1. The Hall–Kier alpha value is -4.72. The number of hydrogen-bond donors (Lipinski definition) is 1. The minimum atomic E-state index is -0.582. The number of ether oxygens (including phenoxy) is 1. The van der Waals surface area contributed by atoms with Gasteiger partial charge in [0, 0.05) is 35.5 Å². The summed E-state index contributed by atoms with van der Waals surface area (Å²) in [5.41, 5.74) is 3.70. The summed E-state index contributed by atoms with van der Waals surface area (Å²) in [6.07, 6.45) is 1.08. The van der Waals surface area contributed by atoms with Crippen molar-refractivity contribution < 1.29 is 19.1 Å². The smallest absolute Gasteiger partial charge is 0.260 e. The van der Waals surface area contributed by atoms with Crippen LogP contribution < -0.4 is 15.0 Å². The Morgan fingerprint density at radius 3 is 2.58 bits per heavy atom. The number of methoxy groups -OCH3 is 1. The van der Waals surface area contributed by atoms with Gasteiger partial charge >= 0.3 is 0 Å². The number of amides is 3. The number of rotatable bonds is 5. The topological polar surface area (TPSA) is 91.8 Å². The van der Waals surface area contributed by atoms with E-state index in [0.717, 1.165) is 16.5 Å². The quantitative estimate of drug-likeness (QED) is 0.460. The van der Waals surface area contributed by atoms with E-state index in [-0.39, 0.29) is 30.7 Å². The molecule has 178 valence electrons. The number of para-hydroxylation sites is 1. The molecule has 2 aliphatic heterocycles. The number of fused-ring (bicyclic) bond motifs is 6. The van der Waals surface area contributed by atoms with Gasteiger partial charge in [-0.2, -0.15) is 0 Å². The Kier molecular flexibility index (Phi) is 5.14. The van der Waals surface area contributed by atoms with Gasteiger partial charge < -0.3 is 15.0 Å². The molecule has 0 aliphatic carbocycles. The fraction of sp³-hybridized carbons (Fsp3) is 0.143. The van der Waals surface area contributed by atoms with Crippen LogP contribution in [0.2, 0.25) is 0 Å². The van der Waals surface area contributed by atoms with Gasteiger partial charge in [-0.25, -0.2) is 0 Å². The molecule has 0 radical (unpaired) electrons. The van der Waals surface area contributed by atoms with Crippen LogP contribution in [-0.4, -0.2) is 41.3 Å². The third kappa shape index (κ3) is 3.46. The van der Waals surface area contributed by atoms with Crippen LogP contribution in [0.4, 0.5) is 11.4 Å². The molecule has 36 heavy (non-hydrogen) atoms. The monoisotopic (exact) mass is 478 g/mol. The van der Waals surface area contributed by atoms with Crippen LogP contribution in [0.3, 0.4) is 0 Å². The minimum Gasteiger partial charge on any atom is -0.497 e. The Balaban J connectivity index is 1.24. The van der Waals surface area contributed by atoms with Gasteiger partial charge in [-0.05, 0) is 36.4 Å². The first-order chi connectivity index (χ1) is 17.5. The molecule has 6 rings (SSSR count). The Labute approximate surface area is 207 Å². The molecule has 0 saturated heterocycles. The van der Waals surface area contributed by atoms with Crippen molar-refractivity contribution in [2.24, 2.45) is 0 Å². The second kappa shape index (κ2) is 8.49. The number of carbonyl (C=O) groups is 3. The highest BCUT2D eigenvalue weighted by Crippen LogP contribution is 2.45. The number of pyridine rings is 1. The van der Waals surface area contributed by atoms with Gasteiger partial charge in [-0.1, -0.05) is 30.3 Å². The molecule has 4 aromatic rings. The summed E-state index contributed by atoms with van der Waals surface area (Å²) in [5, 5.41) is 3.74. The summed E-state index contributed by atoms with van der Waals surface area (Å²) in [7, 11) is 1.60. The van der Waals surface area contributed by atoms with Crippen molar-refractivity contribution in [3.63, 3.8) is 0 Å². The Morgan fingerprint density at radius 2 is 1.75 bits per heavy atom. The van der Waals surface area contributed by atoms with Crippen molar-refractivity contribution in [2.75, 3.05) is 23.9 Å². The lowest BCUT2D eigenvalue weighted by Crippen LogP contribution is -2.49. The molecular formula is C28H22N4O4. The second-order valence-corrected chi connectivity index (χ2v) is 8.73. The molecule has 0 saturated carbocycles. The average molecular weight is 479 g/mol. The van der Waals surface area contributed by atoms with Crippen molar-refractivity contribution in [2.45, 2.75) is 12.6 Å². The molecule has 0 fully saturated rings. The molecule has 8 heteroatoms. The van der Waals surface area contributed by atoms with Crippen LogP contribution >= 0.6 is 0 Å². The van der Waals surface area contributed by atoms with E-state index in [1.165, 1.54) is 0 Å². The number of carbonyl (C=O) groups excluding carboxylic acids is 3. The van der Waals surface area contributed by atoms with Crippen LogP contribution in [0, 0.1) is 0 Å². The number of benzene rings is 3. The van der Waals surface area contributed by atoms with Crippen molar-refractivity contribution >= 4 is 40.0 Å². The molecule has 1 atom stereocenters. The number of anilines is 2. The van der Waals surface area contributed by atoms with E-state index in [9.17, 15) is 14.4 Å². The van der Waals surface area contributed by atoms with Gasteiger partial charge in [-0.3, -0.25) is 24.3 Å². The summed E-state index contributed by atoms with van der Waals surface area (Å²) in [5.74, 6) is 0.107. The SMILES string of the molecule is COc1ccc2cc(NC(=O)CCN3C(=O)c4ccccc4N4C(=O)c5ccccc5[C@@H]34)cnc2c1. The maximum Gasteiger partial charge on any atom is 0.260 e. The summed E-state index contributed by atoms with van der Waals surface area (Å²) in [4.78, 5) is 47.3. The van der Waals surface area contributed by atoms with E-state index < -0.39 is 6.17 Å². The minimum absolute atomic E-state index is 0.0647. The maximum atomic E-state index is 13.5. The summed E-state index contributed by atoms with van der Waals surface area (Å²) < 4.78 is 5.23. The van der Waals surface area contributed by atoms with Crippen molar-refractivity contribution in [1.82, 2.24) is 9.88 Å². The van der Waals surface area contributed by atoms with Gasteiger partial charge in [0.1, 0.15) is 11.9 Å². The molecule has 0 unspecified atom stereocenters. The Morgan fingerprint density at radius 1 is 0.972 bits per heavy atom. The molecular weight excluding hydrogens is 456 g/mol. The van der Waals surface area contributed by atoms with Crippen LogP contribution in [0.5, 0.6) is 5.75 Å². The lowest BCUT2D eigenvalue weighted by molar-refractivity contribution is -0.116. The molecule has 3 heterocycles.